The summed E-state index contributed by atoms with van der Waals surface area (Å²) in [6.07, 6.45) is 6.01. The summed E-state index contributed by atoms with van der Waals surface area (Å²) in [5.74, 6) is 0.464. The topological polar surface area (TPSA) is 145 Å². The molecule has 1 aromatic carbocycles. The van der Waals surface area contributed by atoms with E-state index in [1.807, 2.05) is 0 Å². The summed E-state index contributed by atoms with van der Waals surface area (Å²) in [4.78, 5) is 18.5. The number of nitrogens with one attached hydrogen (secondary N) is 2. The highest BCUT2D eigenvalue weighted by Crippen LogP contribution is 2.46. The van der Waals surface area contributed by atoms with Crippen molar-refractivity contribution >= 4 is 34.2 Å². The zero-order chi connectivity index (χ0) is 21.1. The van der Waals surface area contributed by atoms with E-state index in [0.29, 0.717) is 29.2 Å². The molecule has 0 aliphatic carbocycles. The molecule has 30 heavy (non-hydrogen) atoms. The molecule has 2 amide bonds. The van der Waals surface area contributed by atoms with Crippen molar-refractivity contribution in [2.75, 3.05) is 23.2 Å². The molecule has 2 aliphatic heterocycles. The van der Waals surface area contributed by atoms with Crippen LogP contribution in [0.2, 0.25) is 0 Å². The van der Waals surface area contributed by atoms with Crippen molar-refractivity contribution in [1.29, 1.82) is 0 Å². The molecular weight excluding hydrogens is 408 g/mol. The van der Waals surface area contributed by atoms with E-state index in [-0.39, 0.29) is 24.5 Å². The number of ether oxygens (including phenoxy) is 1. The lowest BCUT2D eigenvalue weighted by atomic mass is 10.0. The molecule has 11 heteroatoms. The molecule has 1 fully saturated rings. The Morgan fingerprint density at radius 1 is 1.30 bits per heavy atom. The third-order valence-electron chi connectivity index (χ3n) is 5.01. The predicted molar refractivity (Wildman–Crippen MR) is 117 cm³/mol. The van der Waals surface area contributed by atoms with Crippen LogP contribution in [0.25, 0.3) is 0 Å². The van der Waals surface area contributed by atoms with Crippen molar-refractivity contribution in [3.8, 4) is 5.75 Å². The van der Waals surface area contributed by atoms with Crippen molar-refractivity contribution < 1.29 is 18.6 Å². The van der Waals surface area contributed by atoms with Gasteiger partial charge in [0.15, 0.2) is 5.84 Å². The van der Waals surface area contributed by atoms with Gasteiger partial charge in [0, 0.05) is 24.6 Å². The molecule has 2 aromatic rings. The number of amides is 2. The number of likely N-dealkylation sites (tertiary alicyclic amines) is 1. The molecule has 0 radical (unpaired) electrons. The maximum atomic E-state index is 12.8. The van der Waals surface area contributed by atoms with Crippen LogP contribution >= 0.6 is 11.0 Å². The Labute approximate surface area is 175 Å². The molecule has 4 rings (SSSR count). The van der Waals surface area contributed by atoms with Crippen LogP contribution in [-0.4, -0.2) is 50.0 Å². The second-order valence-corrected chi connectivity index (χ2v) is 8.52. The number of hydrogen-bond acceptors (Lipinski definition) is 8. The number of anilines is 2. The van der Waals surface area contributed by atoms with Crippen molar-refractivity contribution in [2.24, 2.45) is 10.1 Å². The molecule has 0 bridgehead atoms. The van der Waals surface area contributed by atoms with Gasteiger partial charge in [0.25, 0.3) is 0 Å². The Hall–Kier alpha value is -3.02. The Bertz CT molecular complexity index is 955. The second kappa shape index (κ2) is 8.38. The van der Waals surface area contributed by atoms with Gasteiger partial charge in [-0.15, -0.1) is 4.40 Å². The quantitative estimate of drug-likeness (QED) is 0.498. The summed E-state index contributed by atoms with van der Waals surface area (Å²) < 4.78 is 31.9. The number of piperidine rings is 1. The monoisotopic (exact) mass is 432 g/mol. The molecular formula is C19H24N6O4S. The van der Waals surface area contributed by atoms with Gasteiger partial charge < -0.3 is 20.7 Å². The highest BCUT2D eigenvalue weighted by molar-refractivity contribution is 8.24. The van der Waals surface area contributed by atoms with Crippen molar-refractivity contribution in [3.63, 3.8) is 0 Å². The van der Waals surface area contributed by atoms with E-state index in [9.17, 15) is 13.9 Å². The lowest BCUT2D eigenvalue weighted by Crippen LogP contribution is -2.48. The number of aromatic nitrogens is 1. The van der Waals surface area contributed by atoms with Crippen LogP contribution < -0.4 is 20.5 Å². The van der Waals surface area contributed by atoms with Crippen molar-refractivity contribution in [1.82, 2.24) is 9.88 Å². The third-order valence-corrected chi connectivity index (χ3v) is 5.95. The number of benzene rings is 1. The summed E-state index contributed by atoms with van der Waals surface area (Å²) in [6, 6.07) is 8.33. The van der Waals surface area contributed by atoms with Gasteiger partial charge in [0.05, 0.1) is 17.3 Å². The zero-order valence-electron chi connectivity index (χ0n) is 16.2. The van der Waals surface area contributed by atoms with E-state index >= 15 is 0 Å². The third kappa shape index (κ3) is 4.42. The zero-order valence-corrected chi connectivity index (χ0v) is 17.0. The summed E-state index contributed by atoms with van der Waals surface area (Å²) in [7, 11) is -3.36. The smallest absolute Gasteiger partial charge is 0.322 e. The standard InChI is InChI=1S/C19H24N6O4S/c20-18-17-15(23-30(27,28)24-18)5-3-6-16(17)29-12-14-4-1-2-11-25(14)19(26)22-13-7-9-21-10-8-13/h3,5-10,14,23,27-28H,1-2,4,11-12H2,(H2,20,24)(H,21,22,26)/t14-/m1/s1. The fourth-order valence-corrected chi connectivity index (χ4v) is 4.49. The molecule has 1 atom stereocenters. The summed E-state index contributed by atoms with van der Waals surface area (Å²) >= 11 is 0. The molecule has 10 nitrogen and oxygen atoms in total. The highest BCUT2D eigenvalue weighted by atomic mass is 32.3. The maximum absolute atomic E-state index is 12.8. The molecule has 6 N–H and O–H groups in total. The summed E-state index contributed by atoms with van der Waals surface area (Å²) in [5, 5.41) is 2.90. The van der Waals surface area contributed by atoms with Crippen LogP contribution in [-0.2, 0) is 0 Å². The number of hydrogen-bond donors (Lipinski definition) is 5. The van der Waals surface area contributed by atoms with Gasteiger partial charge in [0.2, 0.25) is 0 Å². The summed E-state index contributed by atoms with van der Waals surface area (Å²) in [6.45, 7) is 0.924. The molecule has 160 valence electrons. The Kier molecular flexibility index (Phi) is 5.66. The normalized spacial score (nSPS) is 20.9. The van der Waals surface area contributed by atoms with E-state index in [1.165, 1.54) is 0 Å². The summed E-state index contributed by atoms with van der Waals surface area (Å²) in [5.41, 5.74) is 7.55. The highest BCUT2D eigenvalue weighted by Gasteiger charge is 2.29. The molecule has 1 aromatic heterocycles. The number of carbonyl (C=O) groups is 1. The van der Waals surface area contributed by atoms with Crippen molar-refractivity contribution in [3.05, 3.63) is 48.3 Å². The largest absolute Gasteiger partial charge is 0.491 e. The van der Waals surface area contributed by atoms with Crippen molar-refractivity contribution in [2.45, 2.75) is 25.3 Å². The first-order valence-corrected chi connectivity index (χ1v) is 11.1. The fraction of sp³-hybridized carbons (Fsp3) is 0.316. The number of nitrogens with two attached hydrogens (primary N) is 1. The molecule has 0 saturated carbocycles. The maximum Gasteiger partial charge on any atom is 0.322 e. The number of amidine groups is 1. The van der Waals surface area contributed by atoms with Gasteiger partial charge >= 0.3 is 6.03 Å². The Balaban J connectivity index is 1.47. The lowest BCUT2D eigenvalue weighted by Gasteiger charge is -2.36. The van der Waals surface area contributed by atoms with E-state index in [1.54, 1.807) is 47.6 Å². The van der Waals surface area contributed by atoms with Gasteiger partial charge in [-0.2, -0.15) is 0 Å². The van der Waals surface area contributed by atoms with Crippen LogP contribution in [0.3, 0.4) is 0 Å². The Morgan fingerprint density at radius 3 is 2.90 bits per heavy atom. The van der Waals surface area contributed by atoms with Gasteiger partial charge in [-0.1, -0.05) is 6.07 Å². The van der Waals surface area contributed by atoms with Gasteiger partial charge in [-0.25, -0.2) is 4.79 Å². The van der Waals surface area contributed by atoms with Gasteiger partial charge in [0.1, 0.15) is 12.4 Å². The minimum absolute atomic E-state index is 0.00437. The number of nitrogens with zero attached hydrogens (tertiary/aromatic N) is 3. The van der Waals surface area contributed by atoms with Crippen LogP contribution in [0, 0.1) is 0 Å². The SMILES string of the molecule is NC1=NS(O)(O)Nc2cccc(OC[C@H]3CCCCN3C(=O)Nc3ccncc3)c21. The number of carbonyl (C=O) groups excluding carboxylic acids is 1. The average Bonchev–Trinajstić information content (AvgIpc) is 2.72. The number of rotatable bonds is 4. The van der Waals surface area contributed by atoms with E-state index in [4.69, 9.17) is 10.5 Å². The molecule has 0 spiro atoms. The fourth-order valence-electron chi connectivity index (χ4n) is 3.61. The van der Waals surface area contributed by atoms with Gasteiger partial charge in [-0.3, -0.25) is 18.8 Å². The Morgan fingerprint density at radius 2 is 2.10 bits per heavy atom. The minimum Gasteiger partial charge on any atom is -0.491 e. The van der Waals surface area contributed by atoms with Crippen LogP contribution in [0.15, 0.2) is 47.1 Å². The molecule has 0 unspecified atom stereocenters. The van der Waals surface area contributed by atoms with Crippen LogP contribution in [0.1, 0.15) is 24.8 Å². The first kappa shape index (κ1) is 20.3. The first-order chi connectivity index (χ1) is 14.4. The lowest BCUT2D eigenvalue weighted by molar-refractivity contribution is 0.124. The second-order valence-electron chi connectivity index (χ2n) is 7.10. The van der Waals surface area contributed by atoms with E-state index < -0.39 is 11.0 Å². The average molecular weight is 433 g/mol. The number of pyridine rings is 1. The van der Waals surface area contributed by atoms with Crippen LogP contribution in [0.4, 0.5) is 16.2 Å². The first-order valence-electron chi connectivity index (χ1n) is 9.58. The molecule has 3 heterocycles. The van der Waals surface area contributed by atoms with E-state index in [2.05, 4.69) is 19.4 Å². The predicted octanol–water partition coefficient (Wildman–Crippen LogP) is 3.26. The molecule has 1 saturated heterocycles. The van der Waals surface area contributed by atoms with Crippen LogP contribution in [0.5, 0.6) is 5.75 Å². The molecule has 2 aliphatic rings. The number of fused-ring (bicyclic) bond motifs is 1. The minimum atomic E-state index is -3.36. The van der Waals surface area contributed by atoms with E-state index in [0.717, 1.165) is 19.3 Å². The van der Waals surface area contributed by atoms with Gasteiger partial charge in [-0.05, 0) is 54.5 Å². The number of urea groups is 1.